The smallest absolute Gasteiger partial charge is 0.239 e. The first-order chi connectivity index (χ1) is 7.88. The van der Waals surface area contributed by atoms with E-state index >= 15 is 0 Å². The van der Waals surface area contributed by atoms with Crippen LogP contribution in [0.25, 0.3) is 0 Å². The third-order valence-corrected chi connectivity index (χ3v) is 2.48. The van der Waals surface area contributed by atoms with Crippen molar-refractivity contribution in [3.63, 3.8) is 0 Å². The van der Waals surface area contributed by atoms with Crippen molar-refractivity contribution in [3.8, 4) is 5.88 Å². The van der Waals surface area contributed by atoms with E-state index in [-0.39, 0.29) is 6.04 Å². The fourth-order valence-electron chi connectivity index (χ4n) is 1.87. The maximum absolute atomic E-state index is 11.5. The minimum atomic E-state index is -0.585. The summed E-state index contributed by atoms with van der Waals surface area (Å²) in [7, 11) is 3.32. The summed E-state index contributed by atoms with van der Waals surface area (Å²) in [6.07, 6.45) is 0. The second kappa shape index (κ2) is 5.18. The predicted molar refractivity (Wildman–Crippen MR) is 64.7 cm³/mol. The zero-order valence-electron chi connectivity index (χ0n) is 10.9. The van der Waals surface area contributed by atoms with Crippen LogP contribution in [0.3, 0.4) is 0 Å². The van der Waals surface area contributed by atoms with E-state index in [1.807, 2.05) is 20.8 Å². The number of primary amides is 1. The first kappa shape index (κ1) is 13.5. The number of carbonyl (C=O) groups excluding carboxylic acids is 1. The Hall–Kier alpha value is -1.56. The van der Waals surface area contributed by atoms with Crippen molar-refractivity contribution in [3.05, 3.63) is 11.3 Å². The van der Waals surface area contributed by atoms with Crippen molar-refractivity contribution < 1.29 is 9.53 Å². The van der Waals surface area contributed by atoms with Crippen molar-refractivity contribution in [1.82, 2.24) is 15.1 Å². The lowest BCUT2D eigenvalue weighted by Gasteiger charge is -2.19. The van der Waals surface area contributed by atoms with Crippen LogP contribution in [0.4, 0.5) is 0 Å². The number of carbonyl (C=O) groups is 1. The minimum absolute atomic E-state index is 0.136. The van der Waals surface area contributed by atoms with Gasteiger partial charge in [0.25, 0.3) is 0 Å². The van der Waals surface area contributed by atoms with Gasteiger partial charge >= 0.3 is 0 Å². The molecular weight excluding hydrogens is 220 g/mol. The molecular formula is C11H20N4O2. The fraction of sp³-hybridized carbons (Fsp3) is 0.636. The van der Waals surface area contributed by atoms with Gasteiger partial charge in [0.2, 0.25) is 11.8 Å². The Bertz CT molecular complexity index is 412. The number of aryl methyl sites for hydroxylation is 2. The van der Waals surface area contributed by atoms with Gasteiger partial charge in [-0.3, -0.25) is 10.1 Å². The standard InChI is InChI=1S/C11H20N4O2/c1-6(2)13-9(10(12)16)8-7(3)14-15(4)11(8)17-5/h6,9,13H,1-5H3,(H2,12,16). The van der Waals surface area contributed by atoms with Crippen molar-refractivity contribution in [2.24, 2.45) is 12.8 Å². The van der Waals surface area contributed by atoms with E-state index in [1.165, 1.54) is 0 Å². The number of ether oxygens (including phenoxy) is 1. The molecule has 0 saturated carbocycles. The van der Waals surface area contributed by atoms with E-state index < -0.39 is 11.9 Å². The van der Waals surface area contributed by atoms with Crippen molar-refractivity contribution in [1.29, 1.82) is 0 Å². The van der Waals surface area contributed by atoms with Crippen molar-refractivity contribution in [2.75, 3.05) is 7.11 Å². The maximum atomic E-state index is 11.5. The van der Waals surface area contributed by atoms with Crippen LogP contribution < -0.4 is 15.8 Å². The van der Waals surface area contributed by atoms with Gasteiger partial charge in [-0.15, -0.1) is 0 Å². The molecule has 0 spiro atoms. The number of nitrogens with two attached hydrogens (primary N) is 1. The average molecular weight is 240 g/mol. The highest BCUT2D eigenvalue weighted by Gasteiger charge is 2.27. The summed E-state index contributed by atoms with van der Waals surface area (Å²) in [6, 6.07) is -0.449. The van der Waals surface area contributed by atoms with E-state index in [4.69, 9.17) is 10.5 Å². The van der Waals surface area contributed by atoms with Gasteiger partial charge in [0.1, 0.15) is 6.04 Å². The molecule has 0 aromatic carbocycles. The van der Waals surface area contributed by atoms with Gasteiger partial charge in [-0.1, -0.05) is 0 Å². The van der Waals surface area contributed by atoms with E-state index in [9.17, 15) is 4.79 Å². The fourth-order valence-corrected chi connectivity index (χ4v) is 1.87. The van der Waals surface area contributed by atoms with Crippen molar-refractivity contribution in [2.45, 2.75) is 32.9 Å². The lowest BCUT2D eigenvalue weighted by Crippen LogP contribution is -2.37. The molecule has 0 aliphatic carbocycles. The molecule has 1 rings (SSSR count). The molecule has 0 aliphatic rings. The Balaban J connectivity index is 3.22. The van der Waals surface area contributed by atoms with Gasteiger partial charge in [-0.25, -0.2) is 4.68 Å². The van der Waals surface area contributed by atoms with E-state index in [1.54, 1.807) is 18.8 Å². The molecule has 17 heavy (non-hydrogen) atoms. The molecule has 1 amide bonds. The monoisotopic (exact) mass is 240 g/mol. The van der Waals surface area contributed by atoms with Crippen LogP contribution in [0, 0.1) is 6.92 Å². The molecule has 0 bridgehead atoms. The Labute approximate surface area is 101 Å². The Morgan fingerprint density at radius 2 is 2.12 bits per heavy atom. The van der Waals surface area contributed by atoms with E-state index in [0.29, 0.717) is 11.4 Å². The van der Waals surface area contributed by atoms with Crippen LogP contribution in [-0.2, 0) is 11.8 Å². The van der Waals surface area contributed by atoms with Crippen LogP contribution in [0.15, 0.2) is 0 Å². The largest absolute Gasteiger partial charge is 0.481 e. The summed E-state index contributed by atoms with van der Waals surface area (Å²) in [4.78, 5) is 11.5. The molecule has 1 heterocycles. The molecule has 0 radical (unpaired) electrons. The summed E-state index contributed by atoms with van der Waals surface area (Å²) in [5.74, 6) is 0.118. The zero-order chi connectivity index (χ0) is 13.2. The normalized spacial score (nSPS) is 12.8. The highest BCUT2D eigenvalue weighted by atomic mass is 16.5. The highest BCUT2D eigenvalue weighted by Crippen LogP contribution is 2.28. The van der Waals surface area contributed by atoms with Gasteiger partial charge in [-0.05, 0) is 20.8 Å². The summed E-state index contributed by atoms with van der Waals surface area (Å²) in [6.45, 7) is 5.73. The number of hydrogen-bond donors (Lipinski definition) is 2. The number of methoxy groups -OCH3 is 1. The average Bonchev–Trinajstić information content (AvgIpc) is 2.48. The molecule has 0 fully saturated rings. The second-order valence-corrected chi connectivity index (χ2v) is 4.29. The molecule has 1 aromatic rings. The van der Waals surface area contributed by atoms with E-state index in [2.05, 4.69) is 10.4 Å². The van der Waals surface area contributed by atoms with Gasteiger partial charge in [0.05, 0.1) is 18.4 Å². The van der Waals surface area contributed by atoms with Gasteiger partial charge in [0, 0.05) is 13.1 Å². The van der Waals surface area contributed by atoms with Crippen LogP contribution in [-0.4, -0.2) is 28.8 Å². The molecule has 1 atom stereocenters. The topological polar surface area (TPSA) is 82.2 Å². The summed E-state index contributed by atoms with van der Waals surface area (Å²) in [5.41, 5.74) is 6.87. The quantitative estimate of drug-likeness (QED) is 0.773. The third kappa shape index (κ3) is 2.76. The number of hydrogen-bond acceptors (Lipinski definition) is 4. The number of aromatic nitrogens is 2. The first-order valence-corrected chi connectivity index (χ1v) is 5.51. The van der Waals surface area contributed by atoms with E-state index in [0.717, 1.165) is 5.69 Å². The molecule has 0 aliphatic heterocycles. The number of nitrogens with one attached hydrogen (secondary N) is 1. The Morgan fingerprint density at radius 3 is 2.53 bits per heavy atom. The Kier molecular flexibility index (Phi) is 4.11. The zero-order valence-corrected chi connectivity index (χ0v) is 10.9. The number of nitrogens with zero attached hydrogens (tertiary/aromatic N) is 2. The van der Waals surface area contributed by atoms with Crippen molar-refractivity contribution >= 4 is 5.91 Å². The van der Waals surface area contributed by atoms with Crippen LogP contribution in [0.2, 0.25) is 0 Å². The molecule has 0 saturated heterocycles. The predicted octanol–water partition coefficient (Wildman–Crippen LogP) is 0.262. The molecule has 6 nitrogen and oxygen atoms in total. The molecule has 6 heteroatoms. The maximum Gasteiger partial charge on any atom is 0.239 e. The van der Waals surface area contributed by atoms with Gasteiger partial charge in [0.15, 0.2) is 0 Å². The molecule has 1 unspecified atom stereocenters. The van der Waals surface area contributed by atoms with Crippen LogP contribution >= 0.6 is 0 Å². The number of amides is 1. The molecule has 3 N–H and O–H groups in total. The number of rotatable bonds is 5. The van der Waals surface area contributed by atoms with Crippen LogP contribution in [0.1, 0.15) is 31.1 Å². The summed E-state index contributed by atoms with van der Waals surface area (Å²) >= 11 is 0. The van der Waals surface area contributed by atoms with Gasteiger partial charge < -0.3 is 10.5 Å². The van der Waals surface area contributed by atoms with Crippen LogP contribution in [0.5, 0.6) is 5.88 Å². The lowest BCUT2D eigenvalue weighted by atomic mass is 10.1. The molecule has 96 valence electrons. The molecule has 1 aromatic heterocycles. The van der Waals surface area contributed by atoms with Gasteiger partial charge in [-0.2, -0.15) is 5.10 Å². The summed E-state index contributed by atoms with van der Waals surface area (Å²) < 4.78 is 6.86. The highest BCUT2D eigenvalue weighted by molar-refractivity contribution is 5.82. The second-order valence-electron chi connectivity index (χ2n) is 4.29. The Morgan fingerprint density at radius 1 is 1.53 bits per heavy atom. The lowest BCUT2D eigenvalue weighted by molar-refractivity contribution is -0.120. The minimum Gasteiger partial charge on any atom is -0.481 e. The third-order valence-electron chi connectivity index (χ3n) is 2.48. The first-order valence-electron chi connectivity index (χ1n) is 5.51. The SMILES string of the molecule is COc1c(C(NC(C)C)C(N)=O)c(C)nn1C. The summed E-state index contributed by atoms with van der Waals surface area (Å²) in [5, 5.41) is 7.35.